The topological polar surface area (TPSA) is 89.5 Å². The van der Waals surface area contributed by atoms with Gasteiger partial charge in [-0.2, -0.15) is 0 Å². The van der Waals surface area contributed by atoms with Crippen molar-refractivity contribution in [1.29, 1.82) is 0 Å². The molecule has 2 aromatic rings. The molecule has 5 nitrogen and oxygen atoms in total. The van der Waals surface area contributed by atoms with Crippen LogP contribution in [0, 0.1) is 5.92 Å². The fourth-order valence-corrected chi connectivity index (χ4v) is 2.45. The molecule has 1 saturated carbocycles. The first-order valence-corrected chi connectivity index (χ1v) is 9.11. The molecule has 0 spiro atoms. The van der Waals surface area contributed by atoms with Gasteiger partial charge in [-0.1, -0.05) is 54.3 Å². The van der Waals surface area contributed by atoms with Crippen molar-refractivity contribution >= 4 is 23.7 Å². The summed E-state index contributed by atoms with van der Waals surface area (Å²) in [5, 5.41) is 22.9. The van der Waals surface area contributed by atoms with Gasteiger partial charge < -0.3 is 14.9 Å². The zero-order chi connectivity index (χ0) is 20.1. The zero-order valence-electron chi connectivity index (χ0n) is 17.5. The van der Waals surface area contributed by atoms with Gasteiger partial charge in [0.05, 0.1) is 12.0 Å². The number of ketones is 2. The van der Waals surface area contributed by atoms with E-state index in [2.05, 4.69) is 0 Å². The van der Waals surface area contributed by atoms with Gasteiger partial charge in [0.15, 0.2) is 11.6 Å². The summed E-state index contributed by atoms with van der Waals surface area (Å²) in [6, 6.07) is 10.7. The van der Waals surface area contributed by atoms with Crippen molar-refractivity contribution in [3.63, 3.8) is 0 Å². The van der Waals surface area contributed by atoms with E-state index >= 15 is 0 Å². The van der Waals surface area contributed by atoms with E-state index in [4.69, 9.17) is 4.74 Å². The average Bonchev–Trinajstić information content (AvgIpc) is 3.51. The summed E-state index contributed by atoms with van der Waals surface area (Å²) in [6.45, 7) is 1.54. The molecular weight excluding hydrogens is 402 g/mol. The average molecular weight is 422 g/mol. The molecular formula is C23H20Na2O5. The number of rotatable bonds is 8. The third kappa shape index (κ3) is 8.06. The Morgan fingerprint density at radius 2 is 1.47 bits per heavy atom. The molecule has 0 bridgehead atoms. The predicted molar refractivity (Wildman–Crippen MR) is 103 cm³/mol. The molecule has 1 aliphatic rings. The van der Waals surface area contributed by atoms with Crippen LogP contribution in [-0.4, -0.2) is 17.7 Å². The number of hydrogen-bond donors (Lipinski definition) is 0. The van der Waals surface area contributed by atoms with Gasteiger partial charge in [-0.25, -0.2) is 0 Å². The Hall–Kier alpha value is -1.34. The van der Waals surface area contributed by atoms with E-state index in [9.17, 15) is 19.8 Å². The SMILES string of the molecule is CC(C(=O)/C=C/c1ccc([O-])cc1)C(=O)/C=C/c1ccc([O-])c(OC2CC2)c1.[Na+].[Na+]. The summed E-state index contributed by atoms with van der Waals surface area (Å²) in [4.78, 5) is 24.5. The van der Waals surface area contributed by atoms with Gasteiger partial charge in [-0.05, 0) is 49.1 Å². The van der Waals surface area contributed by atoms with E-state index in [0.29, 0.717) is 11.1 Å². The summed E-state index contributed by atoms with van der Waals surface area (Å²) in [5.74, 6) is -1.49. The van der Waals surface area contributed by atoms with Crippen LogP contribution in [0.3, 0.4) is 0 Å². The minimum absolute atomic E-state index is 0. The van der Waals surface area contributed by atoms with Gasteiger partial charge in [0.25, 0.3) is 0 Å². The second kappa shape index (κ2) is 12.5. The number of hydrogen-bond acceptors (Lipinski definition) is 5. The summed E-state index contributed by atoms with van der Waals surface area (Å²) >= 11 is 0. The van der Waals surface area contributed by atoms with E-state index < -0.39 is 5.92 Å². The number of ether oxygens (including phenoxy) is 1. The molecule has 1 unspecified atom stereocenters. The molecule has 7 heteroatoms. The van der Waals surface area contributed by atoms with E-state index in [-0.39, 0.29) is 94.0 Å². The Kier molecular flexibility index (Phi) is 11.1. The summed E-state index contributed by atoms with van der Waals surface area (Å²) in [7, 11) is 0. The van der Waals surface area contributed by atoms with Crippen molar-refractivity contribution in [3.05, 3.63) is 65.7 Å². The van der Waals surface area contributed by atoms with Gasteiger partial charge in [-0.15, -0.1) is 5.75 Å². The maximum Gasteiger partial charge on any atom is 1.00 e. The largest absolute Gasteiger partial charge is 1.00 e. The molecule has 1 fully saturated rings. The molecule has 0 N–H and O–H groups in total. The molecule has 3 rings (SSSR count). The van der Waals surface area contributed by atoms with Gasteiger partial charge in [0.1, 0.15) is 5.75 Å². The molecule has 0 aromatic heterocycles. The van der Waals surface area contributed by atoms with E-state index in [1.54, 1.807) is 43.3 Å². The van der Waals surface area contributed by atoms with Gasteiger partial charge in [0.2, 0.25) is 0 Å². The van der Waals surface area contributed by atoms with Crippen molar-refractivity contribution < 1.29 is 83.7 Å². The number of carbonyl (C=O) groups excluding carboxylic acids is 2. The Morgan fingerprint density at radius 3 is 2.03 bits per heavy atom. The Labute approximate surface area is 220 Å². The molecule has 144 valence electrons. The van der Waals surface area contributed by atoms with Crippen LogP contribution < -0.4 is 74.1 Å². The Bertz CT molecular complexity index is 931. The van der Waals surface area contributed by atoms with Crippen LogP contribution >= 0.6 is 0 Å². The molecule has 0 radical (unpaired) electrons. The van der Waals surface area contributed by atoms with Crippen molar-refractivity contribution in [2.24, 2.45) is 5.92 Å². The first kappa shape index (κ1) is 26.7. The summed E-state index contributed by atoms with van der Waals surface area (Å²) in [5.41, 5.74) is 1.38. The molecule has 0 saturated heterocycles. The molecule has 1 aliphatic carbocycles. The number of carbonyl (C=O) groups is 2. The Morgan fingerprint density at radius 1 is 0.933 bits per heavy atom. The quantitative estimate of drug-likeness (QED) is 0.255. The van der Waals surface area contributed by atoms with Crippen LogP contribution in [0.25, 0.3) is 12.2 Å². The van der Waals surface area contributed by atoms with Gasteiger partial charge >= 0.3 is 59.1 Å². The second-order valence-electron chi connectivity index (χ2n) is 6.79. The Balaban J connectivity index is 0.00000225. The standard InChI is InChI=1S/C23H22O5.2Na/c1-15(20(25)11-4-16-2-7-18(24)8-3-16)21(26)12-5-17-6-13-22(27)23(14-17)28-19-9-10-19;;/h2-8,11-15,19,24,27H,9-10H2,1H3;;/q;2*+1/p-2/b11-4+,12-5+;;. The van der Waals surface area contributed by atoms with Crippen molar-refractivity contribution in [3.8, 4) is 17.2 Å². The monoisotopic (exact) mass is 422 g/mol. The third-order valence-electron chi connectivity index (χ3n) is 4.40. The van der Waals surface area contributed by atoms with E-state index in [1.165, 1.54) is 30.4 Å². The first-order valence-electron chi connectivity index (χ1n) is 9.11. The number of benzene rings is 2. The second-order valence-corrected chi connectivity index (χ2v) is 6.79. The van der Waals surface area contributed by atoms with Crippen molar-refractivity contribution in [2.45, 2.75) is 25.9 Å². The van der Waals surface area contributed by atoms with Crippen LogP contribution in [0.5, 0.6) is 17.2 Å². The molecule has 0 amide bonds. The van der Waals surface area contributed by atoms with Gasteiger partial charge in [0, 0.05) is 0 Å². The predicted octanol–water partition coefficient (Wildman–Crippen LogP) is -3.12. The van der Waals surface area contributed by atoms with Crippen LogP contribution in [0.1, 0.15) is 30.9 Å². The molecule has 0 aliphatic heterocycles. The number of allylic oxidation sites excluding steroid dienone is 2. The molecule has 30 heavy (non-hydrogen) atoms. The fraction of sp³-hybridized carbons (Fsp3) is 0.217. The minimum Gasteiger partial charge on any atom is -0.872 e. The van der Waals surface area contributed by atoms with E-state index in [1.807, 2.05) is 0 Å². The molecule has 1 atom stereocenters. The van der Waals surface area contributed by atoms with E-state index in [0.717, 1.165) is 12.8 Å². The van der Waals surface area contributed by atoms with Crippen LogP contribution in [-0.2, 0) is 9.59 Å². The van der Waals surface area contributed by atoms with Crippen LogP contribution in [0.2, 0.25) is 0 Å². The third-order valence-corrected chi connectivity index (χ3v) is 4.40. The maximum atomic E-state index is 12.3. The zero-order valence-corrected chi connectivity index (χ0v) is 21.5. The normalized spacial score (nSPS) is 14.0. The first-order chi connectivity index (χ1) is 13.4. The maximum absolute atomic E-state index is 12.3. The fourth-order valence-electron chi connectivity index (χ4n) is 2.45. The minimum atomic E-state index is -0.827. The summed E-state index contributed by atoms with van der Waals surface area (Å²) in [6.07, 6.45) is 7.83. The van der Waals surface area contributed by atoms with Crippen molar-refractivity contribution in [1.82, 2.24) is 0 Å². The van der Waals surface area contributed by atoms with Crippen LogP contribution in [0.4, 0.5) is 0 Å². The molecule has 0 heterocycles. The van der Waals surface area contributed by atoms with Gasteiger partial charge in [-0.3, -0.25) is 9.59 Å². The van der Waals surface area contributed by atoms with Crippen LogP contribution in [0.15, 0.2) is 54.6 Å². The molecule has 2 aromatic carbocycles. The summed E-state index contributed by atoms with van der Waals surface area (Å²) < 4.78 is 5.56. The van der Waals surface area contributed by atoms with Crippen molar-refractivity contribution in [2.75, 3.05) is 0 Å². The smallest absolute Gasteiger partial charge is 0.872 e.